The number of ether oxygens (including phenoxy) is 2. The lowest BCUT2D eigenvalue weighted by atomic mass is 9.98. The van der Waals surface area contributed by atoms with Gasteiger partial charge in [0.15, 0.2) is 0 Å². The predicted molar refractivity (Wildman–Crippen MR) is 98.4 cm³/mol. The summed E-state index contributed by atoms with van der Waals surface area (Å²) in [4.78, 5) is 22.5. The number of aliphatic hydroxyl groups is 1. The first-order valence-electron chi connectivity index (χ1n) is 9.29. The number of aliphatic hydroxyl groups excluding tert-OH is 1. The van der Waals surface area contributed by atoms with Gasteiger partial charge in [0.25, 0.3) is 0 Å². The van der Waals surface area contributed by atoms with Crippen molar-refractivity contribution in [2.75, 3.05) is 0 Å². The molecule has 0 spiro atoms. The molecule has 26 heavy (non-hydrogen) atoms. The number of benzene rings is 1. The highest BCUT2D eigenvalue weighted by molar-refractivity contribution is 5.82. The van der Waals surface area contributed by atoms with E-state index >= 15 is 0 Å². The van der Waals surface area contributed by atoms with E-state index in [-0.39, 0.29) is 24.1 Å². The topological polar surface area (TPSA) is 72.8 Å². The van der Waals surface area contributed by atoms with Gasteiger partial charge in [-0.1, -0.05) is 36.4 Å². The lowest BCUT2D eigenvalue weighted by molar-refractivity contribution is -0.148. The fraction of sp³-hybridized carbons (Fsp3) is 0.524. The Morgan fingerprint density at radius 3 is 2.77 bits per heavy atom. The Kier molecular flexibility index (Phi) is 8.35. The smallest absolute Gasteiger partial charge is 0.330 e. The molecule has 142 valence electrons. The third kappa shape index (κ3) is 7.83. The molecule has 0 bridgehead atoms. The first-order chi connectivity index (χ1) is 12.5. The highest BCUT2D eigenvalue weighted by atomic mass is 16.5. The second kappa shape index (κ2) is 10.8. The van der Waals surface area contributed by atoms with Gasteiger partial charge in [-0.05, 0) is 37.7 Å². The number of hydrogen-bond acceptors (Lipinski definition) is 5. The van der Waals surface area contributed by atoms with Gasteiger partial charge in [-0.15, -0.1) is 0 Å². The summed E-state index contributed by atoms with van der Waals surface area (Å²) >= 11 is 0. The van der Waals surface area contributed by atoms with Gasteiger partial charge in [-0.25, -0.2) is 4.79 Å². The fourth-order valence-electron chi connectivity index (χ4n) is 3.18. The van der Waals surface area contributed by atoms with Gasteiger partial charge in [0.05, 0.1) is 6.10 Å². The molecule has 0 aliphatic carbocycles. The predicted octanol–water partition coefficient (Wildman–Crippen LogP) is 3.34. The molecule has 0 amide bonds. The Labute approximate surface area is 155 Å². The van der Waals surface area contributed by atoms with Gasteiger partial charge >= 0.3 is 11.9 Å². The number of esters is 2. The van der Waals surface area contributed by atoms with E-state index in [9.17, 15) is 14.7 Å². The average Bonchev–Trinajstić information content (AvgIpc) is 2.60. The molecule has 1 aliphatic heterocycles. The Bertz CT molecular complexity index is 596. The van der Waals surface area contributed by atoms with E-state index in [2.05, 4.69) is 0 Å². The molecule has 5 nitrogen and oxygen atoms in total. The third-order valence-electron chi connectivity index (χ3n) is 4.46. The molecule has 0 fully saturated rings. The Morgan fingerprint density at radius 1 is 1.31 bits per heavy atom. The molecule has 0 saturated heterocycles. The minimum Gasteiger partial charge on any atom is -0.462 e. The van der Waals surface area contributed by atoms with Crippen LogP contribution < -0.4 is 0 Å². The van der Waals surface area contributed by atoms with E-state index in [1.807, 2.05) is 36.4 Å². The van der Waals surface area contributed by atoms with Crippen molar-refractivity contribution >= 4 is 11.9 Å². The molecule has 1 N–H and O–H groups in total. The highest BCUT2D eigenvalue weighted by Crippen LogP contribution is 2.18. The normalized spacial score (nSPS) is 18.8. The summed E-state index contributed by atoms with van der Waals surface area (Å²) in [7, 11) is 0. The zero-order chi connectivity index (χ0) is 18.8. The van der Waals surface area contributed by atoms with E-state index in [0.29, 0.717) is 19.3 Å². The number of carbonyl (C=O) groups is 2. The van der Waals surface area contributed by atoms with Crippen molar-refractivity contribution in [2.45, 2.75) is 70.2 Å². The molecule has 1 aromatic carbocycles. The van der Waals surface area contributed by atoms with Crippen LogP contribution in [0.3, 0.4) is 0 Å². The van der Waals surface area contributed by atoms with Crippen molar-refractivity contribution < 1.29 is 24.2 Å². The molecule has 0 radical (unpaired) electrons. The lowest BCUT2D eigenvalue weighted by Gasteiger charge is -2.22. The van der Waals surface area contributed by atoms with Crippen LogP contribution in [0.25, 0.3) is 0 Å². The van der Waals surface area contributed by atoms with E-state index in [0.717, 1.165) is 25.7 Å². The molecule has 5 heteroatoms. The van der Waals surface area contributed by atoms with Crippen molar-refractivity contribution in [1.82, 2.24) is 0 Å². The molecular formula is C21H28O5. The lowest BCUT2D eigenvalue weighted by Crippen LogP contribution is -2.24. The van der Waals surface area contributed by atoms with Crippen LogP contribution in [0.5, 0.6) is 0 Å². The minimum atomic E-state index is -0.537. The summed E-state index contributed by atoms with van der Waals surface area (Å²) in [6, 6.07) is 10.0. The second-order valence-electron chi connectivity index (χ2n) is 6.77. The monoisotopic (exact) mass is 360 g/mol. The van der Waals surface area contributed by atoms with Gasteiger partial charge in [0.2, 0.25) is 0 Å². The summed E-state index contributed by atoms with van der Waals surface area (Å²) in [5.41, 5.74) is 1.19. The van der Waals surface area contributed by atoms with Crippen LogP contribution in [0, 0.1) is 0 Å². The van der Waals surface area contributed by atoms with Crippen LogP contribution in [0.4, 0.5) is 0 Å². The van der Waals surface area contributed by atoms with E-state index in [1.54, 1.807) is 0 Å². The zero-order valence-electron chi connectivity index (χ0n) is 15.3. The minimum absolute atomic E-state index is 0.0953. The first kappa shape index (κ1) is 20.2. The average molecular weight is 360 g/mol. The SMILES string of the molecule is CC(=O)O[C@@H](CCc1ccccc1)C[C@@H](O)CCC[C@H]1CC=CC(=O)O1. The van der Waals surface area contributed by atoms with Crippen molar-refractivity contribution in [1.29, 1.82) is 0 Å². The molecule has 0 unspecified atom stereocenters. The van der Waals surface area contributed by atoms with Crippen LogP contribution in [0.15, 0.2) is 42.5 Å². The Hall–Kier alpha value is -2.14. The molecular weight excluding hydrogens is 332 g/mol. The Balaban J connectivity index is 1.72. The van der Waals surface area contributed by atoms with Crippen molar-refractivity contribution in [3.05, 3.63) is 48.0 Å². The van der Waals surface area contributed by atoms with Gasteiger partial charge in [0.1, 0.15) is 12.2 Å². The van der Waals surface area contributed by atoms with Crippen molar-refractivity contribution in [3.63, 3.8) is 0 Å². The highest BCUT2D eigenvalue weighted by Gasteiger charge is 2.19. The molecule has 2 rings (SSSR count). The number of rotatable bonds is 10. The number of aryl methyl sites for hydroxylation is 1. The van der Waals surface area contributed by atoms with Crippen LogP contribution in [0.1, 0.15) is 51.0 Å². The summed E-state index contributed by atoms with van der Waals surface area (Å²) in [6.07, 6.45) is 7.09. The molecule has 0 saturated carbocycles. The van der Waals surface area contributed by atoms with Gasteiger partial charge in [-0.2, -0.15) is 0 Å². The molecule has 1 aliphatic rings. The maximum absolute atomic E-state index is 11.3. The molecule has 0 aromatic heterocycles. The summed E-state index contributed by atoms with van der Waals surface area (Å²) in [5, 5.41) is 10.3. The third-order valence-corrected chi connectivity index (χ3v) is 4.46. The van der Waals surface area contributed by atoms with E-state index in [4.69, 9.17) is 9.47 Å². The number of hydrogen-bond donors (Lipinski definition) is 1. The summed E-state index contributed by atoms with van der Waals surface area (Å²) in [5.74, 6) is -0.617. The maximum Gasteiger partial charge on any atom is 0.330 e. The van der Waals surface area contributed by atoms with Gasteiger partial charge in [-0.3, -0.25) is 4.79 Å². The van der Waals surface area contributed by atoms with Gasteiger partial charge < -0.3 is 14.6 Å². The van der Waals surface area contributed by atoms with Gasteiger partial charge in [0, 0.05) is 25.8 Å². The van der Waals surface area contributed by atoms with Crippen LogP contribution in [-0.2, 0) is 25.5 Å². The summed E-state index contributed by atoms with van der Waals surface area (Å²) in [6.45, 7) is 1.40. The van der Waals surface area contributed by atoms with Crippen LogP contribution in [0.2, 0.25) is 0 Å². The van der Waals surface area contributed by atoms with E-state index in [1.165, 1.54) is 18.6 Å². The van der Waals surface area contributed by atoms with Crippen molar-refractivity contribution in [2.24, 2.45) is 0 Å². The second-order valence-corrected chi connectivity index (χ2v) is 6.77. The molecule has 3 atom stereocenters. The fourth-order valence-corrected chi connectivity index (χ4v) is 3.18. The number of carbonyl (C=O) groups excluding carboxylic acids is 2. The van der Waals surface area contributed by atoms with Crippen LogP contribution in [-0.4, -0.2) is 35.4 Å². The standard InChI is InChI=1S/C21H28O5/c1-16(22)25-20(14-13-17-7-3-2-4-8-17)15-18(23)9-5-10-19-11-6-12-21(24)26-19/h2-4,6-8,12,18-20,23H,5,9-11,13-15H2,1H3/t18-,19-,20-/m0/s1. The first-order valence-corrected chi connectivity index (χ1v) is 9.29. The number of cyclic esters (lactones) is 1. The largest absolute Gasteiger partial charge is 0.462 e. The summed E-state index contributed by atoms with van der Waals surface area (Å²) < 4.78 is 10.6. The Morgan fingerprint density at radius 2 is 2.08 bits per heavy atom. The zero-order valence-corrected chi connectivity index (χ0v) is 15.3. The van der Waals surface area contributed by atoms with Crippen molar-refractivity contribution in [3.8, 4) is 0 Å². The maximum atomic E-state index is 11.3. The van der Waals surface area contributed by atoms with Crippen LogP contribution >= 0.6 is 0 Å². The quantitative estimate of drug-likeness (QED) is 0.648. The molecule has 1 heterocycles. The molecule has 1 aromatic rings. The van der Waals surface area contributed by atoms with E-state index < -0.39 is 6.10 Å².